The first-order valence-corrected chi connectivity index (χ1v) is 7.74. The molecule has 0 atom stereocenters. The molecule has 6 heteroatoms. The lowest BCUT2D eigenvalue weighted by molar-refractivity contribution is 0.0246. The minimum Gasteiger partial charge on any atom is -0.450 e. The van der Waals surface area contributed by atoms with Crippen molar-refractivity contribution in [3.8, 4) is 0 Å². The Hall–Kier alpha value is -1.27. The van der Waals surface area contributed by atoms with Crippen LogP contribution in [0.25, 0.3) is 0 Å². The Morgan fingerprint density at radius 2 is 2.20 bits per heavy atom. The lowest BCUT2D eigenvalue weighted by atomic mass is 9.87. The summed E-state index contributed by atoms with van der Waals surface area (Å²) in [6.07, 6.45) is 0.464. The molecule has 1 saturated heterocycles. The number of carbonyl (C=O) groups is 1. The minimum absolute atomic E-state index is 0.254. The number of rotatable bonds is 3. The molecule has 1 aromatic carbocycles. The van der Waals surface area contributed by atoms with Gasteiger partial charge in [0.25, 0.3) is 0 Å². The van der Waals surface area contributed by atoms with Crippen LogP contribution in [-0.4, -0.2) is 29.3 Å². The predicted octanol–water partition coefficient (Wildman–Crippen LogP) is 3.11. The lowest BCUT2D eigenvalue weighted by Crippen LogP contribution is -2.31. The summed E-state index contributed by atoms with van der Waals surface area (Å²) in [6, 6.07) is 4.33. The summed E-state index contributed by atoms with van der Waals surface area (Å²) in [6.45, 7) is 1.95. The predicted molar refractivity (Wildman–Crippen MR) is 77.5 cm³/mol. The van der Waals surface area contributed by atoms with Gasteiger partial charge in [-0.25, -0.2) is 9.18 Å². The Morgan fingerprint density at radius 3 is 2.80 bits per heavy atom. The highest BCUT2D eigenvalue weighted by molar-refractivity contribution is 7.99. The summed E-state index contributed by atoms with van der Waals surface area (Å²) in [7, 11) is 0. The number of anilines is 1. The average molecular weight is 299 g/mol. The van der Waals surface area contributed by atoms with E-state index in [4.69, 9.17) is 4.74 Å². The number of carbonyl (C=O) groups excluding carboxylic acids is 1. The Balaban J connectivity index is 2.15. The standard InChI is InChI=1S/C14H18FNO3S/c1-2-19-13(17)16-10-3-4-11(12(15)9-10)14(18)5-7-20-8-6-14/h3-4,9,18H,2,5-8H2,1H3,(H,16,17). The smallest absolute Gasteiger partial charge is 0.411 e. The number of benzene rings is 1. The van der Waals surface area contributed by atoms with Gasteiger partial charge in [0.2, 0.25) is 0 Å². The van der Waals surface area contributed by atoms with Gasteiger partial charge in [-0.1, -0.05) is 6.07 Å². The molecule has 0 unspecified atom stereocenters. The molecule has 1 aliphatic rings. The number of hydrogen-bond acceptors (Lipinski definition) is 4. The van der Waals surface area contributed by atoms with E-state index in [-0.39, 0.29) is 6.61 Å². The maximum Gasteiger partial charge on any atom is 0.411 e. The third kappa shape index (κ3) is 3.43. The summed E-state index contributed by atoms with van der Waals surface area (Å²) in [5.74, 6) is 1.13. The SMILES string of the molecule is CCOC(=O)Nc1ccc(C2(O)CCSCC2)c(F)c1. The number of halogens is 1. The van der Waals surface area contributed by atoms with E-state index >= 15 is 0 Å². The molecule has 0 bridgehead atoms. The van der Waals surface area contributed by atoms with Gasteiger partial charge in [-0.15, -0.1) is 0 Å². The molecule has 1 aliphatic heterocycles. The number of nitrogens with one attached hydrogen (secondary N) is 1. The van der Waals surface area contributed by atoms with Crippen LogP contribution in [0.5, 0.6) is 0 Å². The highest BCUT2D eigenvalue weighted by Crippen LogP contribution is 2.37. The van der Waals surface area contributed by atoms with Gasteiger partial charge in [-0.3, -0.25) is 5.32 Å². The Labute approximate surface area is 121 Å². The molecule has 1 amide bonds. The molecule has 4 nitrogen and oxygen atoms in total. The van der Waals surface area contributed by atoms with Gasteiger partial charge in [0.1, 0.15) is 5.82 Å². The van der Waals surface area contributed by atoms with Crippen molar-refractivity contribution in [2.45, 2.75) is 25.4 Å². The van der Waals surface area contributed by atoms with Gasteiger partial charge in [0, 0.05) is 11.3 Å². The monoisotopic (exact) mass is 299 g/mol. The molecule has 1 heterocycles. The zero-order chi connectivity index (χ0) is 14.6. The van der Waals surface area contributed by atoms with Crippen molar-refractivity contribution in [1.29, 1.82) is 0 Å². The third-order valence-electron chi connectivity index (χ3n) is 3.31. The van der Waals surface area contributed by atoms with Crippen molar-refractivity contribution in [3.05, 3.63) is 29.6 Å². The molecule has 20 heavy (non-hydrogen) atoms. The number of thioether (sulfide) groups is 1. The van der Waals surface area contributed by atoms with Crippen LogP contribution in [0, 0.1) is 5.82 Å². The van der Waals surface area contributed by atoms with Gasteiger partial charge >= 0.3 is 6.09 Å². The van der Waals surface area contributed by atoms with Gasteiger partial charge in [-0.05, 0) is 43.4 Å². The molecule has 0 radical (unpaired) electrons. The summed E-state index contributed by atoms with van der Waals surface area (Å²) < 4.78 is 18.9. The van der Waals surface area contributed by atoms with Crippen molar-refractivity contribution < 1.29 is 19.0 Å². The van der Waals surface area contributed by atoms with Crippen molar-refractivity contribution in [2.75, 3.05) is 23.4 Å². The molecule has 2 rings (SSSR count). The van der Waals surface area contributed by atoms with E-state index in [1.165, 1.54) is 12.1 Å². The molecule has 0 aliphatic carbocycles. The summed E-state index contributed by atoms with van der Waals surface area (Å²) in [5.41, 5.74) is -0.483. The van der Waals surface area contributed by atoms with Crippen molar-refractivity contribution in [2.24, 2.45) is 0 Å². The van der Waals surface area contributed by atoms with Gasteiger partial charge < -0.3 is 9.84 Å². The maximum atomic E-state index is 14.2. The zero-order valence-corrected chi connectivity index (χ0v) is 12.1. The van der Waals surface area contributed by atoms with Gasteiger partial charge in [0.05, 0.1) is 12.2 Å². The van der Waals surface area contributed by atoms with E-state index in [9.17, 15) is 14.3 Å². The fourth-order valence-electron chi connectivity index (χ4n) is 2.23. The van der Waals surface area contributed by atoms with Crippen molar-refractivity contribution in [3.63, 3.8) is 0 Å². The largest absolute Gasteiger partial charge is 0.450 e. The molecular formula is C14H18FNO3S. The van der Waals surface area contributed by atoms with Crippen LogP contribution in [0.1, 0.15) is 25.3 Å². The number of hydrogen-bond donors (Lipinski definition) is 2. The quantitative estimate of drug-likeness (QED) is 0.900. The van der Waals surface area contributed by atoms with E-state index in [1.54, 1.807) is 24.8 Å². The number of amides is 1. The fourth-order valence-corrected chi connectivity index (χ4v) is 3.40. The lowest BCUT2D eigenvalue weighted by Gasteiger charge is -2.32. The van der Waals surface area contributed by atoms with Gasteiger partial charge in [-0.2, -0.15) is 11.8 Å². The minimum atomic E-state index is -1.10. The van der Waals surface area contributed by atoms with E-state index in [1.807, 2.05) is 0 Å². The van der Waals surface area contributed by atoms with Crippen LogP contribution in [0.4, 0.5) is 14.9 Å². The molecule has 0 spiro atoms. The molecule has 0 aromatic heterocycles. The molecular weight excluding hydrogens is 281 g/mol. The fraction of sp³-hybridized carbons (Fsp3) is 0.500. The first kappa shape index (κ1) is 15.1. The molecule has 1 fully saturated rings. The number of ether oxygens (including phenoxy) is 1. The second kappa shape index (κ2) is 6.45. The summed E-state index contributed by atoms with van der Waals surface area (Å²) in [5, 5.41) is 13.0. The highest BCUT2D eigenvalue weighted by Gasteiger charge is 2.33. The maximum absolute atomic E-state index is 14.2. The number of aliphatic hydroxyl groups is 1. The third-order valence-corrected chi connectivity index (χ3v) is 4.30. The van der Waals surface area contributed by atoms with Crippen LogP contribution in [-0.2, 0) is 10.3 Å². The van der Waals surface area contributed by atoms with Crippen molar-refractivity contribution in [1.82, 2.24) is 0 Å². The molecule has 2 N–H and O–H groups in total. The summed E-state index contributed by atoms with van der Waals surface area (Å²) in [4.78, 5) is 11.3. The second-order valence-corrected chi connectivity index (χ2v) is 5.91. The molecule has 1 aromatic rings. The van der Waals surface area contributed by atoms with Crippen LogP contribution in [0.15, 0.2) is 18.2 Å². The van der Waals surface area contributed by atoms with E-state index in [2.05, 4.69) is 5.32 Å². The van der Waals surface area contributed by atoms with Crippen molar-refractivity contribution >= 4 is 23.5 Å². The second-order valence-electron chi connectivity index (χ2n) is 4.68. The average Bonchev–Trinajstić information content (AvgIpc) is 2.39. The Morgan fingerprint density at radius 1 is 1.50 bits per heavy atom. The van der Waals surface area contributed by atoms with Crippen LogP contribution in [0.2, 0.25) is 0 Å². The van der Waals surface area contributed by atoms with E-state index in [0.29, 0.717) is 24.1 Å². The Bertz CT molecular complexity index is 489. The first-order valence-electron chi connectivity index (χ1n) is 6.59. The van der Waals surface area contributed by atoms with Gasteiger partial charge in [0.15, 0.2) is 0 Å². The van der Waals surface area contributed by atoms with Crippen LogP contribution in [0.3, 0.4) is 0 Å². The first-order chi connectivity index (χ1) is 9.55. The van der Waals surface area contributed by atoms with E-state index in [0.717, 1.165) is 11.5 Å². The van der Waals surface area contributed by atoms with Crippen LogP contribution >= 0.6 is 11.8 Å². The Kier molecular flexibility index (Phi) is 4.88. The topological polar surface area (TPSA) is 58.6 Å². The van der Waals surface area contributed by atoms with Crippen LogP contribution < -0.4 is 5.32 Å². The highest BCUT2D eigenvalue weighted by atomic mass is 32.2. The zero-order valence-electron chi connectivity index (χ0n) is 11.3. The summed E-state index contributed by atoms with van der Waals surface area (Å²) >= 11 is 1.76. The normalized spacial score (nSPS) is 17.6. The van der Waals surface area contributed by atoms with E-state index < -0.39 is 17.5 Å². The molecule has 0 saturated carbocycles. The molecule has 110 valence electrons.